The van der Waals surface area contributed by atoms with Gasteiger partial charge in [0.15, 0.2) is 17.3 Å². The quantitative estimate of drug-likeness (QED) is 0.893. The summed E-state index contributed by atoms with van der Waals surface area (Å²) in [5.74, 6) is -0.664. The molecule has 1 heterocycles. The van der Waals surface area contributed by atoms with Gasteiger partial charge >= 0.3 is 0 Å². The molecule has 1 amide bonds. The molecule has 0 aliphatic carbocycles. The second kappa shape index (κ2) is 5.68. The SMILES string of the molecule is COc1ccc([C@@H](C)NC(=O)c2n[nH]nc2C)cc1F. The minimum absolute atomic E-state index is 0.166. The first-order chi connectivity index (χ1) is 9.52. The number of carbonyl (C=O) groups excluding carboxylic acids is 1. The minimum Gasteiger partial charge on any atom is -0.494 e. The van der Waals surface area contributed by atoms with E-state index in [1.807, 2.05) is 0 Å². The van der Waals surface area contributed by atoms with Gasteiger partial charge in [0.05, 0.1) is 18.8 Å². The van der Waals surface area contributed by atoms with Crippen molar-refractivity contribution >= 4 is 5.91 Å². The molecule has 2 rings (SSSR count). The van der Waals surface area contributed by atoms with Crippen LogP contribution in [-0.4, -0.2) is 28.4 Å². The van der Waals surface area contributed by atoms with Crippen LogP contribution in [0, 0.1) is 12.7 Å². The first-order valence-corrected chi connectivity index (χ1v) is 6.04. The molecule has 2 N–H and O–H groups in total. The fraction of sp³-hybridized carbons (Fsp3) is 0.308. The van der Waals surface area contributed by atoms with Crippen molar-refractivity contribution in [1.82, 2.24) is 20.7 Å². The molecule has 20 heavy (non-hydrogen) atoms. The van der Waals surface area contributed by atoms with Crippen LogP contribution in [0.1, 0.15) is 34.7 Å². The predicted octanol–water partition coefficient (Wildman–Crippen LogP) is 1.75. The zero-order chi connectivity index (χ0) is 14.7. The van der Waals surface area contributed by atoms with Crippen LogP contribution < -0.4 is 10.1 Å². The minimum atomic E-state index is -0.469. The highest BCUT2D eigenvalue weighted by atomic mass is 19.1. The Morgan fingerprint density at radius 1 is 1.45 bits per heavy atom. The number of nitrogens with one attached hydrogen (secondary N) is 2. The molecule has 0 bridgehead atoms. The lowest BCUT2D eigenvalue weighted by atomic mass is 10.1. The maximum atomic E-state index is 13.6. The number of hydrogen-bond donors (Lipinski definition) is 2. The summed E-state index contributed by atoms with van der Waals surface area (Å²) >= 11 is 0. The molecule has 0 spiro atoms. The third-order valence-electron chi connectivity index (χ3n) is 2.96. The highest BCUT2D eigenvalue weighted by Crippen LogP contribution is 2.21. The van der Waals surface area contributed by atoms with Crippen LogP contribution in [0.4, 0.5) is 4.39 Å². The highest BCUT2D eigenvalue weighted by molar-refractivity contribution is 5.93. The number of methoxy groups -OCH3 is 1. The summed E-state index contributed by atoms with van der Waals surface area (Å²) < 4.78 is 18.5. The number of aryl methyl sites for hydroxylation is 1. The Labute approximate surface area is 115 Å². The lowest BCUT2D eigenvalue weighted by Gasteiger charge is -2.14. The number of rotatable bonds is 4. The van der Waals surface area contributed by atoms with Gasteiger partial charge in [-0.2, -0.15) is 15.4 Å². The first-order valence-electron chi connectivity index (χ1n) is 6.04. The van der Waals surface area contributed by atoms with Gasteiger partial charge in [-0.1, -0.05) is 6.07 Å². The fourth-order valence-corrected chi connectivity index (χ4v) is 1.80. The van der Waals surface area contributed by atoms with Gasteiger partial charge in [0, 0.05) is 0 Å². The van der Waals surface area contributed by atoms with E-state index in [0.29, 0.717) is 11.3 Å². The van der Waals surface area contributed by atoms with Gasteiger partial charge in [-0.25, -0.2) is 4.39 Å². The molecule has 0 saturated carbocycles. The molecule has 7 heteroatoms. The molecule has 0 aliphatic rings. The van der Waals surface area contributed by atoms with E-state index in [9.17, 15) is 9.18 Å². The van der Waals surface area contributed by atoms with Crippen molar-refractivity contribution in [3.63, 3.8) is 0 Å². The Morgan fingerprint density at radius 2 is 2.20 bits per heavy atom. The number of halogens is 1. The molecule has 106 valence electrons. The van der Waals surface area contributed by atoms with Crippen molar-refractivity contribution in [2.75, 3.05) is 7.11 Å². The normalized spacial score (nSPS) is 12.0. The van der Waals surface area contributed by atoms with E-state index in [1.165, 1.54) is 19.2 Å². The lowest BCUT2D eigenvalue weighted by Crippen LogP contribution is -2.27. The molecule has 0 aliphatic heterocycles. The summed E-state index contributed by atoms with van der Waals surface area (Å²) in [5.41, 5.74) is 1.37. The van der Waals surface area contributed by atoms with Gasteiger partial charge in [-0.3, -0.25) is 4.79 Å². The van der Waals surface area contributed by atoms with Crippen molar-refractivity contribution in [1.29, 1.82) is 0 Å². The van der Waals surface area contributed by atoms with Gasteiger partial charge in [0.25, 0.3) is 5.91 Å². The highest BCUT2D eigenvalue weighted by Gasteiger charge is 2.17. The first kappa shape index (κ1) is 14.0. The number of nitrogens with zero attached hydrogens (tertiary/aromatic N) is 2. The topological polar surface area (TPSA) is 79.9 Å². The van der Waals surface area contributed by atoms with E-state index in [1.54, 1.807) is 19.9 Å². The molecule has 6 nitrogen and oxygen atoms in total. The average molecular weight is 278 g/mol. The van der Waals surface area contributed by atoms with E-state index >= 15 is 0 Å². The smallest absolute Gasteiger partial charge is 0.274 e. The van der Waals surface area contributed by atoms with Crippen LogP contribution >= 0.6 is 0 Å². The molecule has 0 saturated heterocycles. The Hall–Kier alpha value is -2.44. The molecule has 0 fully saturated rings. The van der Waals surface area contributed by atoms with Crippen LogP contribution in [0.15, 0.2) is 18.2 Å². The van der Waals surface area contributed by atoms with E-state index in [0.717, 1.165) is 0 Å². The number of hydrogen-bond acceptors (Lipinski definition) is 4. The van der Waals surface area contributed by atoms with E-state index in [4.69, 9.17) is 4.74 Å². The molecule has 1 aromatic heterocycles. The van der Waals surface area contributed by atoms with Crippen LogP contribution in [0.25, 0.3) is 0 Å². The van der Waals surface area contributed by atoms with E-state index < -0.39 is 5.82 Å². The van der Waals surface area contributed by atoms with Gasteiger partial charge < -0.3 is 10.1 Å². The number of amides is 1. The maximum absolute atomic E-state index is 13.6. The van der Waals surface area contributed by atoms with Crippen LogP contribution in [0.2, 0.25) is 0 Å². The van der Waals surface area contributed by atoms with Gasteiger partial charge in [0.1, 0.15) is 0 Å². The summed E-state index contributed by atoms with van der Waals surface area (Å²) in [5, 5.41) is 12.7. The molecule has 1 atom stereocenters. The third-order valence-corrected chi connectivity index (χ3v) is 2.96. The van der Waals surface area contributed by atoms with Crippen molar-refractivity contribution in [2.45, 2.75) is 19.9 Å². The summed E-state index contributed by atoms with van der Waals surface area (Å²) in [4.78, 5) is 12.0. The van der Waals surface area contributed by atoms with Crippen molar-refractivity contribution in [3.8, 4) is 5.75 Å². The maximum Gasteiger partial charge on any atom is 0.274 e. The van der Waals surface area contributed by atoms with Gasteiger partial charge in [0.2, 0.25) is 0 Å². The summed E-state index contributed by atoms with van der Waals surface area (Å²) in [7, 11) is 1.40. The Bertz CT molecular complexity index is 627. The monoisotopic (exact) mass is 278 g/mol. The molecule has 2 aromatic rings. The summed E-state index contributed by atoms with van der Waals surface area (Å²) in [6.07, 6.45) is 0. The van der Waals surface area contributed by atoms with E-state index in [2.05, 4.69) is 20.7 Å². The molecule has 0 unspecified atom stereocenters. The number of benzene rings is 1. The zero-order valence-corrected chi connectivity index (χ0v) is 11.4. The predicted molar refractivity (Wildman–Crippen MR) is 70.0 cm³/mol. The number of ether oxygens (including phenoxy) is 1. The van der Waals surface area contributed by atoms with Crippen molar-refractivity contribution in [3.05, 3.63) is 41.0 Å². The largest absolute Gasteiger partial charge is 0.494 e. The Kier molecular flexibility index (Phi) is 3.97. The van der Waals surface area contributed by atoms with E-state index in [-0.39, 0.29) is 23.4 Å². The molecule has 0 radical (unpaired) electrons. The fourth-order valence-electron chi connectivity index (χ4n) is 1.80. The average Bonchev–Trinajstić information content (AvgIpc) is 2.84. The van der Waals surface area contributed by atoms with Crippen LogP contribution in [0.3, 0.4) is 0 Å². The second-order valence-electron chi connectivity index (χ2n) is 4.35. The van der Waals surface area contributed by atoms with Crippen LogP contribution in [0.5, 0.6) is 5.75 Å². The van der Waals surface area contributed by atoms with Crippen molar-refractivity contribution in [2.24, 2.45) is 0 Å². The number of carbonyl (C=O) groups is 1. The number of aromatic nitrogens is 3. The third kappa shape index (κ3) is 2.76. The standard InChI is InChI=1S/C13H15FN4O2/c1-7(9-4-5-11(20-3)10(14)6-9)15-13(19)12-8(2)16-18-17-12/h4-7H,1-3H3,(H,15,19)(H,16,17,18)/t7-/m1/s1. The lowest BCUT2D eigenvalue weighted by molar-refractivity contribution is 0.0934. The van der Waals surface area contributed by atoms with Crippen LogP contribution in [-0.2, 0) is 0 Å². The molecular formula is C13H15FN4O2. The number of H-pyrrole nitrogens is 1. The summed E-state index contributed by atoms with van der Waals surface area (Å²) in [6.45, 7) is 3.44. The molecular weight excluding hydrogens is 263 g/mol. The molecule has 1 aromatic carbocycles. The second-order valence-corrected chi connectivity index (χ2v) is 4.35. The Morgan fingerprint density at radius 3 is 2.75 bits per heavy atom. The van der Waals surface area contributed by atoms with Crippen molar-refractivity contribution < 1.29 is 13.9 Å². The summed E-state index contributed by atoms with van der Waals surface area (Å²) in [6, 6.07) is 4.19. The van der Waals surface area contributed by atoms with Gasteiger partial charge in [-0.05, 0) is 31.5 Å². The Balaban J connectivity index is 2.12. The van der Waals surface area contributed by atoms with Gasteiger partial charge in [-0.15, -0.1) is 0 Å². The zero-order valence-electron chi connectivity index (χ0n) is 11.4. The number of aromatic amines is 1.